The number of benzene rings is 3. The molecule has 1 aliphatic carbocycles. The Balaban J connectivity index is 1.56. The fourth-order valence-electron chi connectivity index (χ4n) is 5.58. The number of nitro groups is 1. The van der Waals surface area contributed by atoms with E-state index in [2.05, 4.69) is 24.5 Å². The van der Waals surface area contributed by atoms with Crippen molar-refractivity contribution in [3.63, 3.8) is 0 Å². The van der Waals surface area contributed by atoms with Gasteiger partial charge in [-0.1, -0.05) is 68.4 Å². The molecule has 0 saturated carbocycles. The molecular formula is C31H32N4O4. The van der Waals surface area contributed by atoms with Crippen LogP contribution in [-0.4, -0.2) is 29.7 Å². The molecule has 1 atom stereocenters. The monoisotopic (exact) mass is 524 g/mol. The fourth-order valence-corrected chi connectivity index (χ4v) is 5.58. The lowest BCUT2D eigenvalue weighted by Gasteiger charge is -2.37. The molecule has 1 heterocycles. The zero-order chi connectivity index (χ0) is 27.6. The quantitative estimate of drug-likeness (QED) is 0.309. The van der Waals surface area contributed by atoms with Gasteiger partial charge in [-0.2, -0.15) is 0 Å². The smallest absolute Gasteiger partial charge is 0.269 e. The van der Waals surface area contributed by atoms with Crippen LogP contribution in [0.15, 0.2) is 90.1 Å². The van der Waals surface area contributed by atoms with Crippen molar-refractivity contribution in [3.05, 3.63) is 111 Å². The molecule has 3 aromatic rings. The Morgan fingerprint density at radius 1 is 1.05 bits per heavy atom. The first-order chi connectivity index (χ1) is 18.7. The maximum Gasteiger partial charge on any atom is 0.269 e. The Morgan fingerprint density at radius 2 is 1.79 bits per heavy atom. The average molecular weight is 525 g/mol. The Bertz CT molecular complexity index is 1450. The molecule has 0 fully saturated rings. The summed E-state index contributed by atoms with van der Waals surface area (Å²) < 4.78 is 0. The van der Waals surface area contributed by atoms with Gasteiger partial charge in [-0.05, 0) is 41.5 Å². The van der Waals surface area contributed by atoms with Gasteiger partial charge in [-0.15, -0.1) is 0 Å². The minimum absolute atomic E-state index is 0.0195. The van der Waals surface area contributed by atoms with E-state index in [0.29, 0.717) is 36.9 Å². The molecule has 0 aromatic heterocycles. The molecular weight excluding hydrogens is 492 g/mol. The van der Waals surface area contributed by atoms with E-state index in [9.17, 15) is 19.7 Å². The Morgan fingerprint density at radius 3 is 2.56 bits per heavy atom. The second-order valence-electron chi connectivity index (χ2n) is 10.9. The highest BCUT2D eigenvalue weighted by atomic mass is 16.6. The number of amides is 1. The molecule has 8 heteroatoms. The number of Topliss-reactive ketones (excluding diaryl/α,β-unsaturated/α-hetero) is 1. The summed E-state index contributed by atoms with van der Waals surface area (Å²) in [6, 6.07) is 23.3. The van der Waals surface area contributed by atoms with E-state index < -0.39 is 11.0 Å². The second kappa shape index (κ2) is 10.7. The normalized spacial score (nSPS) is 17.9. The van der Waals surface area contributed by atoms with Crippen molar-refractivity contribution in [2.24, 2.45) is 5.41 Å². The van der Waals surface area contributed by atoms with Crippen LogP contribution in [-0.2, 0) is 16.0 Å². The number of hydrogen-bond donors (Lipinski definition) is 2. The van der Waals surface area contributed by atoms with Crippen LogP contribution in [0.3, 0.4) is 0 Å². The number of nitrogens with zero attached hydrogens (tertiary/aromatic N) is 2. The van der Waals surface area contributed by atoms with Gasteiger partial charge in [0.15, 0.2) is 5.78 Å². The van der Waals surface area contributed by atoms with Crippen LogP contribution in [0.2, 0.25) is 0 Å². The van der Waals surface area contributed by atoms with Crippen LogP contribution in [0.1, 0.15) is 43.9 Å². The topological polar surface area (TPSA) is 105 Å². The maximum atomic E-state index is 13.8. The zero-order valence-corrected chi connectivity index (χ0v) is 22.1. The third-order valence-electron chi connectivity index (χ3n) is 7.29. The van der Waals surface area contributed by atoms with E-state index in [1.54, 1.807) is 12.1 Å². The Labute approximate surface area is 227 Å². The van der Waals surface area contributed by atoms with Gasteiger partial charge in [0.1, 0.15) is 0 Å². The molecule has 39 heavy (non-hydrogen) atoms. The lowest BCUT2D eigenvalue weighted by molar-refractivity contribution is -0.384. The number of non-ortho nitro benzene ring substituents is 1. The number of carbonyl (C=O) groups is 2. The number of ketones is 1. The molecule has 1 aliphatic heterocycles. The first-order valence-electron chi connectivity index (χ1n) is 13.2. The summed E-state index contributed by atoms with van der Waals surface area (Å²) in [6.45, 7) is 4.58. The summed E-state index contributed by atoms with van der Waals surface area (Å²) in [4.78, 5) is 40.2. The van der Waals surface area contributed by atoms with Gasteiger partial charge in [0.25, 0.3) is 5.69 Å². The van der Waals surface area contributed by atoms with Crippen LogP contribution >= 0.6 is 0 Å². The number of fused-ring (bicyclic) bond motifs is 1. The van der Waals surface area contributed by atoms with Crippen molar-refractivity contribution in [3.8, 4) is 0 Å². The number of rotatable bonds is 7. The SMILES string of the molecule is CC1(C)CC(=O)C2=C(C1)Nc1ccccc1N(CC(=O)NCCc1ccccc1)C2c1cccc([N+](=O)[O-])c1. The van der Waals surface area contributed by atoms with Crippen molar-refractivity contribution in [2.75, 3.05) is 23.3 Å². The molecule has 1 unspecified atom stereocenters. The lowest BCUT2D eigenvalue weighted by Crippen LogP contribution is -2.42. The number of nitro benzene ring substituents is 1. The van der Waals surface area contributed by atoms with E-state index in [4.69, 9.17) is 0 Å². The zero-order valence-electron chi connectivity index (χ0n) is 22.1. The van der Waals surface area contributed by atoms with Crippen LogP contribution in [0.5, 0.6) is 0 Å². The number of para-hydroxylation sites is 2. The third-order valence-corrected chi connectivity index (χ3v) is 7.29. The highest BCUT2D eigenvalue weighted by Gasteiger charge is 2.42. The molecule has 2 aliphatic rings. The maximum absolute atomic E-state index is 13.8. The van der Waals surface area contributed by atoms with E-state index in [0.717, 1.165) is 22.6 Å². The van der Waals surface area contributed by atoms with Crippen molar-refractivity contribution >= 4 is 28.8 Å². The number of anilines is 2. The van der Waals surface area contributed by atoms with Crippen molar-refractivity contribution < 1.29 is 14.5 Å². The Kier molecular flexibility index (Phi) is 7.19. The van der Waals surface area contributed by atoms with Gasteiger partial charge in [0.05, 0.1) is 28.9 Å². The minimum Gasteiger partial charge on any atom is -0.357 e. The van der Waals surface area contributed by atoms with E-state index in [1.807, 2.05) is 59.5 Å². The standard InChI is InChI=1S/C31H32N4O4/c1-31(2)18-25-29(27(36)19-31)30(22-11-8-12-23(17-22)35(38)39)34(26-14-7-6-13-24(26)33-25)20-28(37)32-16-15-21-9-4-3-5-10-21/h3-14,17,30,33H,15-16,18-20H2,1-2H3,(H,32,37). The number of carbonyl (C=O) groups excluding carboxylic acids is 2. The summed E-state index contributed by atoms with van der Waals surface area (Å²) in [6.07, 6.45) is 1.69. The first-order valence-corrected chi connectivity index (χ1v) is 13.2. The summed E-state index contributed by atoms with van der Waals surface area (Å²) in [7, 11) is 0. The molecule has 200 valence electrons. The van der Waals surface area contributed by atoms with E-state index >= 15 is 0 Å². The molecule has 2 N–H and O–H groups in total. The molecule has 0 radical (unpaired) electrons. The summed E-state index contributed by atoms with van der Waals surface area (Å²) in [5.74, 6) is -0.212. The van der Waals surface area contributed by atoms with Crippen LogP contribution in [0.4, 0.5) is 17.1 Å². The minimum atomic E-state index is -0.667. The van der Waals surface area contributed by atoms with Gasteiger partial charge in [0, 0.05) is 36.4 Å². The summed E-state index contributed by atoms with van der Waals surface area (Å²) in [5.41, 5.74) is 4.33. The van der Waals surface area contributed by atoms with Crippen LogP contribution in [0.25, 0.3) is 0 Å². The van der Waals surface area contributed by atoms with Crippen molar-refractivity contribution in [2.45, 2.75) is 39.2 Å². The molecule has 0 saturated heterocycles. The highest BCUT2D eigenvalue weighted by Crippen LogP contribution is 2.48. The predicted octanol–water partition coefficient (Wildman–Crippen LogP) is 5.57. The largest absolute Gasteiger partial charge is 0.357 e. The fraction of sp³-hybridized carbons (Fsp3) is 0.290. The first kappa shape index (κ1) is 26.2. The van der Waals surface area contributed by atoms with Gasteiger partial charge < -0.3 is 15.5 Å². The van der Waals surface area contributed by atoms with Gasteiger partial charge in [-0.3, -0.25) is 19.7 Å². The molecule has 0 spiro atoms. The van der Waals surface area contributed by atoms with Gasteiger partial charge in [0.2, 0.25) is 5.91 Å². The van der Waals surface area contributed by atoms with Gasteiger partial charge >= 0.3 is 0 Å². The summed E-state index contributed by atoms with van der Waals surface area (Å²) in [5, 5.41) is 18.2. The summed E-state index contributed by atoms with van der Waals surface area (Å²) >= 11 is 0. The number of allylic oxidation sites excluding steroid dienone is 1. The predicted molar refractivity (Wildman–Crippen MR) is 151 cm³/mol. The van der Waals surface area contributed by atoms with Crippen LogP contribution < -0.4 is 15.5 Å². The molecule has 1 amide bonds. The molecule has 5 rings (SSSR count). The number of hydrogen-bond acceptors (Lipinski definition) is 6. The van der Waals surface area contributed by atoms with Gasteiger partial charge in [-0.25, -0.2) is 0 Å². The average Bonchev–Trinajstić information content (AvgIpc) is 3.03. The lowest BCUT2D eigenvalue weighted by atomic mass is 9.73. The van der Waals surface area contributed by atoms with Crippen molar-refractivity contribution in [1.82, 2.24) is 5.32 Å². The molecule has 8 nitrogen and oxygen atoms in total. The number of nitrogens with one attached hydrogen (secondary N) is 2. The second-order valence-corrected chi connectivity index (χ2v) is 10.9. The molecule has 3 aromatic carbocycles. The third kappa shape index (κ3) is 5.70. The van der Waals surface area contributed by atoms with Crippen molar-refractivity contribution in [1.29, 1.82) is 0 Å². The Hall–Kier alpha value is -4.46. The van der Waals surface area contributed by atoms with E-state index in [1.165, 1.54) is 12.1 Å². The molecule has 0 bridgehead atoms. The van der Waals surface area contributed by atoms with Crippen LogP contribution in [0, 0.1) is 15.5 Å². The van der Waals surface area contributed by atoms with E-state index in [-0.39, 0.29) is 29.3 Å². The highest BCUT2D eigenvalue weighted by molar-refractivity contribution is 6.02.